The van der Waals surface area contributed by atoms with Gasteiger partial charge in [-0.3, -0.25) is 4.68 Å². The van der Waals surface area contributed by atoms with Crippen molar-refractivity contribution in [3.05, 3.63) is 33.0 Å². The third kappa shape index (κ3) is 1.98. The van der Waals surface area contributed by atoms with Gasteiger partial charge in [-0.05, 0) is 13.8 Å². The van der Waals surface area contributed by atoms with Gasteiger partial charge in [-0.1, -0.05) is 11.6 Å². The van der Waals surface area contributed by atoms with E-state index in [1.807, 2.05) is 13.8 Å². The summed E-state index contributed by atoms with van der Waals surface area (Å²) in [5.74, 6) is 0. The first-order chi connectivity index (χ1) is 7.63. The standard InChI is InChI=1S/C10H12ClN3OS/c1-3-14-9(7(11)4-13-14)10(15)8-5-12-6(2)16-8/h4-5,10,15H,3H2,1-2H3. The number of thiazole rings is 1. The van der Waals surface area contributed by atoms with E-state index in [1.165, 1.54) is 11.3 Å². The average molecular weight is 258 g/mol. The lowest BCUT2D eigenvalue weighted by Crippen LogP contribution is -2.08. The predicted molar refractivity (Wildman–Crippen MR) is 63.8 cm³/mol. The second-order valence-electron chi connectivity index (χ2n) is 3.38. The fourth-order valence-corrected chi connectivity index (χ4v) is 2.55. The molecule has 0 aromatic carbocycles. The van der Waals surface area contributed by atoms with Crippen LogP contribution in [0.4, 0.5) is 0 Å². The second kappa shape index (κ2) is 4.53. The Hall–Kier alpha value is -0.910. The molecule has 0 aliphatic rings. The fourth-order valence-electron chi connectivity index (χ4n) is 1.53. The molecule has 0 aliphatic carbocycles. The fraction of sp³-hybridized carbons (Fsp3) is 0.400. The number of nitrogens with zero attached hydrogens (tertiary/aromatic N) is 3. The summed E-state index contributed by atoms with van der Waals surface area (Å²) in [6, 6.07) is 0. The highest BCUT2D eigenvalue weighted by atomic mass is 35.5. The lowest BCUT2D eigenvalue weighted by molar-refractivity contribution is 0.211. The lowest BCUT2D eigenvalue weighted by Gasteiger charge is -2.10. The highest BCUT2D eigenvalue weighted by Gasteiger charge is 2.20. The van der Waals surface area contributed by atoms with Gasteiger partial charge in [0.25, 0.3) is 0 Å². The summed E-state index contributed by atoms with van der Waals surface area (Å²) in [6.45, 7) is 4.54. The maximum absolute atomic E-state index is 10.2. The highest BCUT2D eigenvalue weighted by Crippen LogP contribution is 2.30. The number of hydrogen-bond donors (Lipinski definition) is 1. The van der Waals surface area contributed by atoms with E-state index in [4.69, 9.17) is 11.6 Å². The van der Waals surface area contributed by atoms with Gasteiger partial charge >= 0.3 is 0 Å². The molecule has 2 heterocycles. The van der Waals surface area contributed by atoms with Crippen LogP contribution in [0.5, 0.6) is 0 Å². The number of aliphatic hydroxyl groups excluding tert-OH is 1. The molecule has 0 aliphatic heterocycles. The summed E-state index contributed by atoms with van der Waals surface area (Å²) in [6.07, 6.45) is 2.48. The van der Waals surface area contributed by atoms with Gasteiger partial charge in [-0.2, -0.15) is 5.10 Å². The Morgan fingerprint density at radius 1 is 1.56 bits per heavy atom. The third-order valence-electron chi connectivity index (χ3n) is 2.30. The van der Waals surface area contributed by atoms with E-state index in [1.54, 1.807) is 17.1 Å². The Morgan fingerprint density at radius 3 is 2.88 bits per heavy atom. The molecule has 0 amide bonds. The van der Waals surface area contributed by atoms with Gasteiger partial charge in [0.05, 0.1) is 26.8 Å². The minimum atomic E-state index is -0.749. The Balaban J connectivity index is 2.40. The van der Waals surface area contributed by atoms with E-state index in [0.717, 1.165) is 9.88 Å². The van der Waals surface area contributed by atoms with E-state index < -0.39 is 6.10 Å². The van der Waals surface area contributed by atoms with Crippen LogP contribution >= 0.6 is 22.9 Å². The second-order valence-corrected chi connectivity index (χ2v) is 5.05. The maximum atomic E-state index is 10.2. The molecule has 1 unspecified atom stereocenters. The first kappa shape index (κ1) is 11.6. The van der Waals surface area contributed by atoms with Crippen LogP contribution in [-0.2, 0) is 6.54 Å². The molecule has 0 bridgehead atoms. The normalized spacial score (nSPS) is 13.0. The smallest absolute Gasteiger partial charge is 0.133 e. The largest absolute Gasteiger partial charge is 0.381 e. The number of aliphatic hydroxyl groups is 1. The van der Waals surface area contributed by atoms with Crippen molar-refractivity contribution >= 4 is 22.9 Å². The number of aromatic nitrogens is 3. The van der Waals surface area contributed by atoms with Crippen LogP contribution in [0.15, 0.2) is 12.4 Å². The predicted octanol–water partition coefficient (Wildman–Crippen LogP) is 2.40. The third-order valence-corrected chi connectivity index (χ3v) is 3.56. The zero-order valence-corrected chi connectivity index (χ0v) is 10.6. The molecule has 2 rings (SSSR count). The molecule has 1 atom stereocenters. The maximum Gasteiger partial charge on any atom is 0.133 e. The van der Waals surface area contributed by atoms with Crippen LogP contribution in [0.3, 0.4) is 0 Å². The summed E-state index contributed by atoms with van der Waals surface area (Å²) in [5, 5.41) is 15.7. The van der Waals surface area contributed by atoms with Crippen molar-refractivity contribution in [2.75, 3.05) is 0 Å². The molecule has 0 spiro atoms. The summed E-state index contributed by atoms with van der Waals surface area (Å²) in [5.41, 5.74) is 0.632. The van der Waals surface area contributed by atoms with Crippen molar-refractivity contribution in [2.24, 2.45) is 0 Å². The summed E-state index contributed by atoms with van der Waals surface area (Å²) in [7, 11) is 0. The van der Waals surface area contributed by atoms with Crippen LogP contribution in [0.2, 0.25) is 5.02 Å². The summed E-state index contributed by atoms with van der Waals surface area (Å²) >= 11 is 7.48. The molecule has 0 radical (unpaired) electrons. The Kier molecular flexibility index (Phi) is 3.28. The van der Waals surface area contributed by atoms with Crippen molar-refractivity contribution in [1.82, 2.24) is 14.8 Å². The molecule has 0 saturated carbocycles. The van der Waals surface area contributed by atoms with Gasteiger partial charge in [-0.25, -0.2) is 4.98 Å². The first-order valence-electron chi connectivity index (χ1n) is 4.95. The van der Waals surface area contributed by atoms with E-state index in [9.17, 15) is 5.11 Å². The van der Waals surface area contributed by atoms with Crippen LogP contribution in [-0.4, -0.2) is 19.9 Å². The van der Waals surface area contributed by atoms with Crippen molar-refractivity contribution < 1.29 is 5.11 Å². The highest BCUT2D eigenvalue weighted by molar-refractivity contribution is 7.11. The molecular weight excluding hydrogens is 246 g/mol. The molecular formula is C10H12ClN3OS. The SMILES string of the molecule is CCn1ncc(Cl)c1C(O)c1cnc(C)s1. The number of hydrogen-bond acceptors (Lipinski definition) is 4. The minimum Gasteiger partial charge on any atom is -0.381 e. The van der Waals surface area contributed by atoms with Crippen LogP contribution in [0, 0.1) is 6.92 Å². The van der Waals surface area contributed by atoms with Gasteiger partial charge in [0, 0.05) is 12.7 Å². The topological polar surface area (TPSA) is 50.9 Å². The first-order valence-corrected chi connectivity index (χ1v) is 6.14. The number of aryl methyl sites for hydroxylation is 2. The van der Waals surface area contributed by atoms with E-state index in [0.29, 0.717) is 17.3 Å². The van der Waals surface area contributed by atoms with Crippen LogP contribution in [0.25, 0.3) is 0 Å². The van der Waals surface area contributed by atoms with E-state index in [-0.39, 0.29) is 0 Å². The molecule has 86 valence electrons. The quantitative estimate of drug-likeness (QED) is 0.919. The summed E-state index contributed by atoms with van der Waals surface area (Å²) in [4.78, 5) is 4.91. The number of halogens is 1. The minimum absolute atomic E-state index is 0.486. The molecule has 1 N–H and O–H groups in total. The van der Waals surface area contributed by atoms with Gasteiger partial charge in [-0.15, -0.1) is 11.3 Å². The van der Waals surface area contributed by atoms with E-state index in [2.05, 4.69) is 10.1 Å². The Bertz CT molecular complexity index is 494. The Labute approximate surface area is 103 Å². The molecule has 0 fully saturated rings. The Morgan fingerprint density at radius 2 is 2.31 bits per heavy atom. The molecule has 16 heavy (non-hydrogen) atoms. The van der Waals surface area contributed by atoms with Crippen molar-refractivity contribution in [2.45, 2.75) is 26.5 Å². The van der Waals surface area contributed by atoms with E-state index >= 15 is 0 Å². The zero-order chi connectivity index (χ0) is 11.7. The monoisotopic (exact) mass is 257 g/mol. The lowest BCUT2D eigenvalue weighted by atomic mass is 10.2. The molecule has 4 nitrogen and oxygen atoms in total. The summed E-state index contributed by atoms with van der Waals surface area (Å²) < 4.78 is 1.70. The van der Waals surface area contributed by atoms with Crippen molar-refractivity contribution in [3.63, 3.8) is 0 Å². The van der Waals surface area contributed by atoms with Gasteiger partial charge in [0.2, 0.25) is 0 Å². The van der Waals surface area contributed by atoms with Gasteiger partial charge < -0.3 is 5.11 Å². The van der Waals surface area contributed by atoms with Gasteiger partial charge in [0.1, 0.15) is 6.10 Å². The number of rotatable bonds is 3. The average Bonchev–Trinajstić information content (AvgIpc) is 2.83. The van der Waals surface area contributed by atoms with Crippen molar-refractivity contribution in [1.29, 1.82) is 0 Å². The molecule has 2 aromatic rings. The zero-order valence-electron chi connectivity index (χ0n) is 9.01. The van der Waals surface area contributed by atoms with Crippen LogP contribution < -0.4 is 0 Å². The molecule has 0 saturated heterocycles. The molecule has 6 heteroatoms. The van der Waals surface area contributed by atoms with Crippen LogP contribution in [0.1, 0.15) is 28.6 Å². The molecule has 2 aromatic heterocycles. The van der Waals surface area contributed by atoms with Gasteiger partial charge in [0.15, 0.2) is 0 Å². The van der Waals surface area contributed by atoms with Crippen molar-refractivity contribution in [3.8, 4) is 0 Å².